The van der Waals surface area contributed by atoms with E-state index in [1.54, 1.807) is 11.8 Å². The SMILES string of the molecule is CCC1(C(=O)O)CCN(C(=O)CCSC)CC1. The topological polar surface area (TPSA) is 57.6 Å². The Bertz CT molecular complexity index is 285. The molecule has 5 heteroatoms. The van der Waals surface area contributed by atoms with Gasteiger partial charge in [0.25, 0.3) is 0 Å². The van der Waals surface area contributed by atoms with Gasteiger partial charge >= 0.3 is 5.97 Å². The van der Waals surface area contributed by atoms with Crippen molar-refractivity contribution in [1.29, 1.82) is 0 Å². The standard InChI is InChI=1S/C12H21NO3S/c1-3-12(11(15)16)5-7-13(8-6-12)10(14)4-9-17-2/h3-9H2,1-2H3,(H,15,16). The normalized spacial score (nSPS) is 19.1. The lowest BCUT2D eigenvalue weighted by atomic mass is 9.76. The molecule has 1 aliphatic rings. The third-order valence-corrected chi connectivity index (χ3v) is 4.34. The van der Waals surface area contributed by atoms with Crippen LogP contribution in [0.4, 0.5) is 0 Å². The summed E-state index contributed by atoms with van der Waals surface area (Å²) < 4.78 is 0. The highest BCUT2D eigenvalue weighted by Gasteiger charge is 2.40. The number of rotatable bonds is 5. The van der Waals surface area contributed by atoms with Gasteiger partial charge < -0.3 is 10.0 Å². The Morgan fingerprint density at radius 3 is 2.35 bits per heavy atom. The number of carbonyl (C=O) groups excluding carboxylic acids is 1. The van der Waals surface area contributed by atoms with Crippen LogP contribution in [0.1, 0.15) is 32.6 Å². The van der Waals surface area contributed by atoms with Crippen LogP contribution >= 0.6 is 11.8 Å². The van der Waals surface area contributed by atoms with Crippen LogP contribution in [0.15, 0.2) is 0 Å². The minimum Gasteiger partial charge on any atom is -0.481 e. The zero-order valence-corrected chi connectivity index (χ0v) is 11.4. The average Bonchev–Trinajstić information content (AvgIpc) is 2.35. The van der Waals surface area contributed by atoms with Crippen molar-refractivity contribution in [3.63, 3.8) is 0 Å². The molecule has 0 aromatic carbocycles. The average molecular weight is 259 g/mol. The monoisotopic (exact) mass is 259 g/mol. The zero-order chi connectivity index (χ0) is 12.9. The third-order valence-electron chi connectivity index (χ3n) is 3.72. The molecule has 1 N–H and O–H groups in total. The summed E-state index contributed by atoms with van der Waals surface area (Å²) in [6.07, 6.45) is 4.37. The summed E-state index contributed by atoms with van der Waals surface area (Å²) in [6, 6.07) is 0. The van der Waals surface area contributed by atoms with E-state index in [9.17, 15) is 14.7 Å². The van der Waals surface area contributed by atoms with Crippen LogP contribution in [0.25, 0.3) is 0 Å². The first-order valence-corrected chi connectivity index (χ1v) is 7.45. The Hall–Kier alpha value is -0.710. The van der Waals surface area contributed by atoms with Crippen molar-refractivity contribution >= 4 is 23.6 Å². The second-order valence-corrected chi connectivity index (χ2v) is 5.55. The number of carbonyl (C=O) groups is 2. The summed E-state index contributed by atoms with van der Waals surface area (Å²) in [7, 11) is 0. The van der Waals surface area contributed by atoms with E-state index in [1.165, 1.54) is 0 Å². The van der Waals surface area contributed by atoms with E-state index in [-0.39, 0.29) is 5.91 Å². The molecular formula is C12H21NO3S. The highest BCUT2D eigenvalue weighted by Crippen LogP contribution is 2.35. The van der Waals surface area contributed by atoms with Gasteiger partial charge in [0.1, 0.15) is 0 Å². The van der Waals surface area contributed by atoms with Crippen molar-refractivity contribution in [2.24, 2.45) is 5.41 Å². The molecule has 1 fully saturated rings. The van der Waals surface area contributed by atoms with Gasteiger partial charge in [0.15, 0.2) is 0 Å². The van der Waals surface area contributed by atoms with Crippen LogP contribution in [0.2, 0.25) is 0 Å². The van der Waals surface area contributed by atoms with Gasteiger partial charge in [-0.25, -0.2) is 0 Å². The smallest absolute Gasteiger partial charge is 0.309 e. The fraction of sp³-hybridized carbons (Fsp3) is 0.833. The number of nitrogens with zero attached hydrogens (tertiary/aromatic N) is 1. The van der Waals surface area contributed by atoms with Crippen LogP contribution in [0.3, 0.4) is 0 Å². The van der Waals surface area contributed by atoms with Crippen molar-refractivity contribution in [2.75, 3.05) is 25.1 Å². The van der Waals surface area contributed by atoms with Gasteiger partial charge in [-0.05, 0) is 25.5 Å². The minimum atomic E-state index is -0.712. The van der Waals surface area contributed by atoms with Gasteiger partial charge in [0.05, 0.1) is 5.41 Å². The minimum absolute atomic E-state index is 0.162. The number of hydrogen-bond donors (Lipinski definition) is 1. The quantitative estimate of drug-likeness (QED) is 0.818. The van der Waals surface area contributed by atoms with Crippen molar-refractivity contribution in [1.82, 2.24) is 4.90 Å². The van der Waals surface area contributed by atoms with Gasteiger partial charge in [-0.3, -0.25) is 9.59 Å². The van der Waals surface area contributed by atoms with E-state index in [4.69, 9.17) is 0 Å². The molecule has 1 aliphatic heterocycles. The molecule has 1 amide bonds. The summed E-state index contributed by atoms with van der Waals surface area (Å²) >= 11 is 1.66. The molecule has 98 valence electrons. The van der Waals surface area contributed by atoms with Crippen LogP contribution in [-0.2, 0) is 9.59 Å². The molecule has 0 aliphatic carbocycles. The summed E-state index contributed by atoms with van der Waals surface area (Å²) in [5.74, 6) is 0.290. The van der Waals surface area contributed by atoms with Gasteiger partial charge in [0.2, 0.25) is 5.91 Å². The largest absolute Gasteiger partial charge is 0.481 e. The Morgan fingerprint density at radius 2 is 1.94 bits per heavy atom. The summed E-state index contributed by atoms with van der Waals surface area (Å²) in [5, 5.41) is 9.25. The molecule has 1 rings (SSSR count). The maximum Gasteiger partial charge on any atom is 0.309 e. The number of piperidine rings is 1. The number of thioether (sulfide) groups is 1. The van der Waals surface area contributed by atoms with Gasteiger partial charge in [-0.2, -0.15) is 11.8 Å². The number of hydrogen-bond acceptors (Lipinski definition) is 3. The zero-order valence-electron chi connectivity index (χ0n) is 10.6. The molecule has 17 heavy (non-hydrogen) atoms. The van der Waals surface area contributed by atoms with Crippen LogP contribution in [-0.4, -0.2) is 47.0 Å². The number of carboxylic acids is 1. The molecule has 0 radical (unpaired) electrons. The predicted octanol–water partition coefficient (Wildman–Crippen LogP) is 1.84. The molecule has 0 aromatic rings. The van der Waals surface area contributed by atoms with Crippen molar-refractivity contribution in [3.8, 4) is 0 Å². The van der Waals surface area contributed by atoms with Crippen molar-refractivity contribution in [3.05, 3.63) is 0 Å². The molecule has 0 spiro atoms. The Balaban J connectivity index is 2.49. The van der Waals surface area contributed by atoms with Gasteiger partial charge in [0, 0.05) is 25.3 Å². The Kier molecular flexibility index (Phi) is 5.31. The van der Waals surface area contributed by atoms with Gasteiger partial charge in [-0.1, -0.05) is 6.92 Å². The maximum absolute atomic E-state index is 11.8. The second-order valence-electron chi connectivity index (χ2n) is 4.56. The number of aliphatic carboxylic acids is 1. The van der Waals surface area contributed by atoms with E-state index in [2.05, 4.69) is 0 Å². The molecular weight excluding hydrogens is 238 g/mol. The molecule has 1 heterocycles. The summed E-state index contributed by atoms with van der Waals surface area (Å²) in [6.45, 7) is 3.10. The second kappa shape index (κ2) is 6.28. The Morgan fingerprint density at radius 1 is 1.35 bits per heavy atom. The lowest BCUT2D eigenvalue weighted by molar-refractivity contribution is -0.154. The lowest BCUT2D eigenvalue weighted by Crippen LogP contribution is -2.46. The molecule has 0 unspecified atom stereocenters. The maximum atomic E-state index is 11.8. The first-order chi connectivity index (χ1) is 8.05. The third kappa shape index (κ3) is 3.37. The number of likely N-dealkylation sites (tertiary alicyclic amines) is 1. The molecule has 0 saturated carbocycles. The predicted molar refractivity (Wildman–Crippen MR) is 69.2 cm³/mol. The van der Waals surface area contributed by atoms with E-state index < -0.39 is 11.4 Å². The van der Waals surface area contributed by atoms with E-state index in [0.717, 1.165) is 5.75 Å². The highest BCUT2D eigenvalue weighted by atomic mass is 32.2. The number of amides is 1. The lowest BCUT2D eigenvalue weighted by Gasteiger charge is -2.38. The molecule has 0 aromatic heterocycles. The molecule has 4 nitrogen and oxygen atoms in total. The Labute approximate surface area is 107 Å². The summed E-state index contributed by atoms with van der Waals surface area (Å²) in [4.78, 5) is 24.9. The van der Waals surface area contributed by atoms with Crippen LogP contribution in [0, 0.1) is 5.41 Å². The highest BCUT2D eigenvalue weighted by molar-refractivity contribution is 7.98. The fourth-order valence-electron chi connectivity index (χ4n) is 2.25. The van der Waals surface area contributed by atoms with E-state index in [1.807, 2.05) is 18.1 Å². The summed E-state index contributed by atoms with van der Waals surface area (Å²) in [5.41, 5.74) is -0.601. The van der Waals surface area contributed by atoms with Gasteiger partial charge in [-0.15, -0.1) is 0 Å². The number of carboxylic acid groups (broad SMARTS) is 1. The van der Waals surface area contributed by atoms with Crippen molar-refractivity contribution < 1.29 is 14.7 Å². The molecule has 0 bridgehead atoms. The first-order valence-electron chi connectivity index (χ1n) is 6.06. The van der Waals surface area contributed by atoms with Crippen LogP contribution < -0.4 is 0 Å². The van der Waals surface area contributed by atoms with E-state index >= 15 is 0 Å². The van der Waals surface area contributed by atoms with Crippen LogP contribution in [0.5, 0.6) is 0 Å². The molecule has 0 atom stereocenters. The van der Waals surface area contributed by atoms with E-state index in [0.29, 0.717) is 38.8 Å². The fourth-order valence-corrected chi connectivity index (χ4v) is 2.63. The van der Waals surface area contributed by atoms with Crippen molar-refractivity contribution in [2.45, 2.75) is 32.6 Å². The first kappa shape index (κ1) is 14.4. The molecule has 1 saturated heterocycles.